The summed E-state index contributed by atoms with van der Waals surface area (Å²) >= 11 is 0.985. The van der Waals surface area contributed by atoms with Crippen LogP contribution in [0.4, 0.5) is 0 Å². The average Bonchev–Trinajstić information content (AvgIpc) is 2.84. The molecule has 2 rings (SSSR count). The Hall–Kier alpha value is -2.70. The quantitative estimate of drug-likeness (QED) is 0.501. The van der Waals surface area contributed by atoms with Gasteiger partial charge in [0.2, 0.25) is 0 Å². The van der Waals surface area contributed by atoms with Gasteiger partial charge in [-0.2, -0.15) is 14.0 Å². The maximum Gasteiger partial charge on any atom is 0.346 e. The third-order valence-corrected chi connectivity index (χ3v) is 2.78. The molecule has 0 amide bonds. The second-order valence-corrected chi connectivity index (χ2v) is 3.81. The molecule has 0 bridgehead atoms. The first-order chi connectivity index (χ1) is 8.67. The highest BCUT2D eigenvalue weighted by atomic mass is 32.1. The molecular formula is C12H5N3O2S. The number of hydrogen-bond donors (Lipinski definition) is 1. The Morgan fingerprint density at radius 2 is 2.17 bits per heavy atom. The zero-order valence-corrected chi connectivity index (χ0v) is 9.73. The van der Waals surface area contributed by atoms with E-state index >= 15 is 0 Å². The highest BCUT2D eigenvalue weighted by molar-refractivity contribution is 7.00. The van der Waals surface area contributed by atoms with Gasteiger partial charge in [-0.25, -0.2) is 4.79 Å². The van der Waals surface area contributed by atoms with Gasteiger partial charge < -0.3 is 5.11 Å². The van der Waals surface area contributed by atoms with Gasteiger partial charge in [0.25, 0.3) is 0 Å². The Bertz CT molecular complexity index is 747. The van der Waals surface area contributed by atoms with Crippen molar-refractivity contribution in [3.63, 3.8) is 0 Å². The van der Waals surface area contributed by atoms with Crippen LogP contribution in [0.3, 0.4) is 0 Å². The van der Waals surface area contributed by atoms with E-state index in [4.69, 9.17) is 16.8 Å². The van der Waals surface area contributed by atoms with Crippen LogP contribution in [0.1, 0.15) is 11.1 Å². The second-order valence-electron chi connectivity index (χ2n) is 3.28. The fourth-order valence-corrected chi connectivity index (χ4v) is 2.00. The van der Waals surface area contributed by atoms with Crippen molar-refractivity contribution in [1.82, 2.24) is 8.75 Å². The van der Waals surface area contributed by atoms with Crippen LogP contribution in [0.2, 0.25) is 0 Å². The number of nitriles is 1. The van der Waals surface area contributed by atoms with Gasteiger partial charge in [-0.15, -0.1) is 6.42 Å². The predicted octanol–water partition coefficient (Wildman–Crippen LogP) is 1.66. The Balaban J connectivity index is 2.69. The zero-order valence-electron chi connectivity index (χ0n) is 8.91. The fraction of sp³-hybridized carbons (Fsp3) is 0. The van der Waals surface area contributed by atoms with E-state index in [1.54, 1.807) is 18.2 Å². The Labute approximate surface area is 106 Å². The summed E-state index contributed by atoms with van der Waals surface area (Å²) in [5.74, 6) is 1.19. The van der Waals surface area contributed by atoms with Crippen molar-refractivity contribution in [3.8, 4) is 18.4 Å². The number of benzene rings is 1. The minimum Gasteiger partial charge on any atom is -0.477 e. The van der Waals surface area contributed by atoms with Gasteiger partial charge in [-0.3, -0.25) is 0 Å². The molecule has 1 N–H and O–H groups in total. The number of aliphatic carboxylic acids is 1. The van der Waals surface area contributed by atoms with E-state index in [9.17, 15) is 4.79 Å². The number of carbonyl (C=O) groups is 1. The van der Waals surface area contributed by atoms with Crippen LogP contribution in [0.5, 0.6) is 0 Å². The van der Waals surface area contributed by atoms with E-state index in [2.05, 4.69) is 14.7 Å². The Morgan fingerprint density at radius 3 is 2.78 bits per heavy atom. The van der Waals surface area contributed by atoms with Crippen molar-refractivity contribution in [3.05, 3.63) is 28.8 Å². The molecule has 0 aliphatic carbocycles. The van der Waals surface area contributed by atoms with E-state index < -0.39 is 5.97 Å². The molecule has 0 unspecified atom stereocenters. The molecule has 0 radical (unpaired) electrons. The van der Waals surface area contributed by atoms with Gasteiger partial charge in [0.15, 0.2) is 0 Å². The minimum absolute atomic E-state index is 0.363. The number of aromatic nitrogens is 2. The van der Waals surface area contributed by atoms with Crippen molar-refractivity contribution in [1.29, 1.82) is 5.26 Å². The first kappa shape index (κ1) is 11.8. The molecule has 18 heavy (non-hydrogen) atoms. The Kier molecular flexibility index (Phi) is 3.05. The monoisotopic (exact) mass is 255 g/mol. The predicted molar refractivity (Wildman–Crippen MR) is 66.6 cm³/mol. The summed E-state index contributed by atoms with van der Waals surface area (Å²) in [4.78, 5) is 10.8. The summed E-state index contributed by atoms with van der Waals surface area (Å²) in [6.07, 6.45) is 6.58. The van der Waals surface area contributed by atoms with Gasteiger partial charge >= 0.3 is 5.97 Å². The fourth-order valence-electron chi connectivity index (χ4n) is 1.42. The molecule has 5 nitrogen and oxygen atoms in total. The van der Waals surface area contributed by atoms with Gasteiger partial charge in [-0.05, 0) is 12.1 Å². The van der Waals surface area contributed by atoms with Gasteiger partial charge in [0.05, 0.1) is 17.3 Å². The lowest BCUT2D eigenvalue weighted by molar-refractivity contribution is -0.132. The van der Waals surface area contributed by atoms with Crippen molar-refractivity contribution >= 4 is 34.8 Å². The van der Waals surface area contributed by atoms with Crippen molar-refractivity contribution in [2.75, 3.05) is 0 Å². The van der Waals surface area contributed by atoms with Crippen LogP contribution in [0.15, 0.2) is 17.7 Å². The zero-order chi connectivity index (χ0) is 13.1. The normalized spacial score (nSPS) is 10.9. The number of rotatable bonds is 2. The van der Waals surface area contributed by atoms with Gasteiger partial charge in [-0.1, -0.05) is 12.0 Å². The third-order valence-electron chi connectivity index (χ3n) is 2.25. The number of nitrogens with zero attached hydrogens (tertiary/aromatic N) is 3. The minimum atomic E-state index is -1.28. The largest absolute Gasteiger partial charge is 0.477 e. The number of hydrogen-bond acceptors (Lipinski definition) is 5. The number of fused-ring (bicyclic) bond motifs is 1. The van der Waals surface area contributed by atoms with E-state index in [1.807, 2.05) is 0 Å². The molecule has 86 valence electrons. The second kappa shape index (κ2) is 4.66. The average molecular weight is 255 g/mol. The molecule has 1 aromatic heterocycles. The number of carboxylic acid groups (broad SMARTS) is 1. The van der Waals surface area contributed by atoms with E-state index in [0.717, 1.165) is 11.7 Å². The van der Waals surface area contributed by atoms with Crippen molar-refractivity contribution in [2.24, 2.45) is 0 Å². The number of terminal acetylenes is 1. The van der Waals surface area contributed by atoms with Gasteiger partial charge in [0, 0.05) is 5.56 Å². The van der Waals surface area contributed by atoms with E-state index in [1.165, 1.54) is 6.08 Å². The SMILES string of the molecule is C#Cc1ccc(/C=C(\C#N)C(=O)O)c2nsnc12. The molecule has 0 saturated heterocycles. The Morgan fingerprint density at radius 1 is 1.44 bits per heavy atom. The topological polar surface area (TPSA) is 86.9 Å². The molecule has 0 spiro atoms. The van der Waals surface area contributed by atoms with Crippen LogP contribution in [0.25, 0.3) is 17.1 Å². The van der Waals surface area contributed by atoms with Crippen LogP contribution in [-0.2, 0) is 4.79 Å². The summed E-state index contributed by atoms with van der Waals surface area (Å²) in [6, 6.07) is 4.88. The summed E-state index contributed by atoms with van der Waals surface area (Å²) in [5.41, 5.74) is 1.78. The lowest BCUT2D eigenvalue weighted by Gasteiger charge is -1.97. The standard InChI is InChI=1S/C12H5N3O2S/c1-2-7-3-4-8(5-9(6-13)12(16)17)11-10(7)14-18-15-11/h1,3-5H,(H,16,17)/b9-5+. The van der Waals surface area contributed by atoms with Crippen LogP contribution < -0.4 is 0 Å². The summed E-state index contributed by atoms with van der Waals surface area (Å²) in [6.45, 7) is 0. The van der Waals surface area contributed by atoms with E-state index in [0.29, 0.717) is 22.2 Å². The molecule has 0 atom stereocenters. The van der Waals surface area contributed by atoms with Crippen LogP contribution in [0, 0.1) is 23.7 Å². The highest BCUT2D eigenvalue weighted by Crippen LogP contribution is 2.22. The molecule has 1 aromatic carbocycles. The van der Waals surface area contributed by atoms with Gasteiger partial charge in [0.1, 0.15) is 22.7 Å². The first-order valence-corrected chi connectivity index (χ1v) is 5.47. The lowest BCUT2D eigenvalue weighted by atomic mass is 10.1. The van der Waals surface area contributed by atoms with Crippen molar-refractivity contribution < 1.29 is 9.90 Å². The molecule has 0 saturated carbocycles. The maximum absolute atomic E-state index is 10.8. The smallest absolute Gasteiger partial charge is 0.346 e. The molecular weight excluding hydrogens is 250 g/mol. The van der Waals surface area contributed by atoms with Crippen LogP contribution >= 0.6 is 11.7 Å². The molecule has 6 heteroatoms. The molecule has 0 aliphatic heterocycles. The van der Waals surface area contributed by atoms with Crippen molar-refractivity contribution in [2.45, 2.75) is 0 Å². The summed E-state index contributed by atoms with van der Waals surface area (Å²) in [7, 11) is 0. The molecule has 0 fully saturated rings. The number of carboxylic acids is 1. The molecule has 0 aliphatic rings. The first-order valence-electron chi connectivity index (χ1n) is 4.74. The summed E-state index contributed by atoms with van der Waals surface area (Å²) < 4.78 is 8.12. The van der Waals surface area contributed by atoms with E-state index in [-0.39, 0.29) is 5.57 Å². The maximum atomic E-state index is 10.8. The lowest BCUT2D eigenvalue weighted by Crippen LogP contribution is -1.97. The highest BCUT2D eigenvalue weighted by Gasteiger charge is 2.11. The molecule has 2 aromatic rings. The molecule has 1 heterocycles. The van der Waals surface area contributed by atoms with Crippen LogP contribution in [-0.4, -0.2) is 19.8 Å². The summed E-state index contributed by atoms with van der Waals surface area (Å²) in [5, 5.41) is 17.5. The third kappa shape index (κ3) is 1.93.